The monoisotopic (exact) mass is 328 g/mol. The van der Waals surface area contributed by atoms with Gasteiger partial charge in [-0.2, -0.15) is 0 Å². The molecule has 4 nitrogen and oxygen atoms in total. The Morgan fingerprint density at radius 1 is 1.17 bits per heavy atom. The molecular formula is C18H20N2O2S. The van der Waals surface area contributed by atoms with Crippen molar-refractivity contribution in [2.24, 2.45) is 0 Å². The van der Waals surface area contributed by atoms with Crippen molar-refractivity contribution in [1.82, 2.24) is 9.55 Å². The minimum absolute atomic E-state index is 0.0210. The summed E-state index contributed by atoms with van der Waals surface area (Å²) in [6, 6.07) is 7.42. The predicted molar refractivity (Wildman–Crippen MR) is 96.7 cm³/mol. The van der Waals surface area contributed by atoms with Crippen LogP contribution in [0.1, 0.15) is 51.9 Å². The van der Waals surface area contributed by atoms with Crippen LogP contribution in [-0.2, 0) is 0 Å². The highest BCUT2D eigenvalue weighted by atomic mass is 32.1. The van der Waals surface area contributed by atoms with Gasteiger partial charge >= 0.3 is 0 Å². The molecule has 0 aliphatic heterocycles. The molecule has 3 aromatic rings. The van der Waals surface area contributed by atoms with Gasteiger partial charge in [0.2, 0.25) is 5.43 Å². The topological polar surface area (TPSA) is 52.0 Å². The largest absolute Gasteiger partial charge is 0.293 e. The van der Waals surface area contributed by atoms with Crippen molar-refractivity contribution in [1.29, 1.82) is 0 Å². The van der Waals surface area contributed by atoms with Gasteiger partial charge in [0.05, 0.1) is 0 Å². The van der Waals surface area contributed by atoms with Crippen LogP contribution in [-0.4, -0.2) is 9.55 Å². The number of hydrogen-bond donors (Lipinski definition) is 0. The lowest BCUT2D eigenvalue weighted by Crippen LogP contribution is -2.31. The van der Waals surface area contributed by atoms with E-state index in [0.717, 1.165) is 16.9 Å². The molecule has 0 radical (unpaired) electrons. The number of nitrogens with zero attached hydrogens (tertiary/aromatic N) is 2. The van der Waals surface area contributed by atoms with E-state index < -0.39 is 0 Å². The SMILES string of the molecule is CCC(C)n1c(C(C)C)nc2sc3ccccc3c(=O)c2c1=O. The van der Waals surface area contributed by atoms with Gasteiger partial charge in [0.1, 0.15) is 16.0 Å². The second kappa shape index (κ2) is 5.89. The van der Waals surface area contributed by atoms with Gasteiger partial charge in [-0.3, -0.25) is 14.2 Å². The van der Waals surface area contributed by atoms with E-state index >= 15 is 0 Å². The molecule has 3 rings (SSSR count). The van der Waals surface area contributed by atoms with Gasteiger partial charge in [0, 0.05) is 22.0 Å². The molecule has 0 bridgehead atoms. The van der Waals surface area contributed by atoms with Gasteiger partial charge in [-0.25, -0.2) is 4.98 Å². The van der Waals surface area contributed by atoms with Crippen molar-refractivity contribution in [2.75, 3.05) is 0 Å². The maximum Gasteiger partial charge on any atom is 0.266 e. The summed E-state index contributed by atoms with van der Waals surface area (Å²) < 4.78 is 2.57. The van der Waals surface area contributed by atoms with Gasteiger partial charge in [0.15, 0.2) is 0 Å². The summed E-state index contributed by atoms with van der Waals surface area (Å²) in [7, 11) is 0. The van der Waals surface area contributed by atoms with Crippen LogP contribution in [0.2, 0.25) is 0 Å². The van der Waals surface area contributed by atoms with Crippen LogP contribution in [0.3, 0.4) is 0 Å². The number of aromatic nitrogens is 2. The van der Waals surface area contributed by atoms with Gasteiger partial charge in [0.25, 0.3) is 5.56 Å². The first-order valence-corrected chi connectivity index (χ1v) is 8.75. The smallest absolute Gasteiger partial charge is 0.266 e. The molecule has 23 heavy (non-hydrogen) atoms. The van der Waals surface area contributed by atoms with E-state index in [2.05, 4.69) is 0 Å². The Morgan fingerprint density at radius 3 is 2.52 bits per heavy atom. The van der Waals surface area contributed by atoms with Crippen molar-refractivity contribution >= 4 is 31.6 Å². The molecule has 0 saturated carbocycles. The molecule has 0 saturated heterocycles. The Kier molecular flexibility index (Phi) is 4.06. The standard InChI is InChI=1S/C18H20N2O2S/c1-5-11(4)20-16(10(2)3)19-17-14(18(20)22)15(21)12-8-6-7-9-13(12)23-17/h6-11H,5H2,1-4H3. The van der Waals surface area contributed by atoms with Crippen molar-refractivity contribution in [3.63, 3.8) is 0 Å². The van der Waals surface area contributed by atoms with Crippen molar-refractivity contribution in [2.45, 2.75) is 46.1 Å². The molecule has 2 aromatic heterocycles. The lowest BCUT2D eigenvalue weighted by atomic mass is 10.1. The maximum atomic E-state index is 13.0. The molecule has 5 heteroatoms. The van der Waals surface area contributed by atoms with Crippen LogP contribution in [0.15, 0.2) is 33.9 Å². The first-order valence-electron chi connectivity index (χ1n) is 7.93. The Morgan fingerprint density at radius 2 is 1.87 bits per heavy atom. The summed E-state index contributed by atoms with van der Waals surface area (Å²) in [5.74, 6) is 0.873. The van der Waals surface area contributed by atoms with Crippen LogP contribution in [0.5, 0.6) is 0 Å². The van der Waals surface area contributed by atoms with Crippen LogP contribution in [0, 0.1) is 0 Å². The average Bonchev–Trinajstić information content (AvgIpc) is 2.53. The molecule has 2 heterocycles. The van der Waals surface area contributed by atoms with Crippen molar-refractivity contribution < 1.29 is 0 Å². The fourth-order valence-corrected chi connectivity index (χ4v) is 3.84. The molecule has 0 amide bonds. The average molecular weight is 328 g/mol. The molecule has 120 valence electrons. The number of benzene rings is 1. The fourth-order valence-electron chi connectivity index (χ4n) is 2.80. The van der Waals surface area contributed by atoms with Crippen molar-refractivity contribution in [3.05, 3.63) is 50.7 Å². The third kappa shape index (κ3) is 2.49. The molecule has 0 fully saturated rings. The molecule has 1 unspecified atom stereocenters. The van der Waals surface area contributed by atoms with Gasteiger partial charge in [-0.15, -0.1) is 11.3 Å². The molecule has 0 N–H and O–H groups in total. The quantitative estimate of drug-likeness (QED) is 0.681. The van der Waals surface area contributed by atoms with Crippen molar-refractivity contribution in [3.8, 4) is 0 Å². The van der Waals surface area contributed by atoms with E-state index in [1.807, 2.05) is 45.9 Å². The highest BCUT2D eigenvalue weighted by Crippen LogP contribution is 2.24. The molecule has 0 aliphatic carbocycles. The Bertz CT molecular complexity index is 1000. The Balaban J connectivity index is 2.54. The normalized spacial score (nSPS) is 13.1. The molecule has 0 spiro atoms. The summed E-state index contributed by atoms with van der Waals surface area (Å²) in [4.78, 5) is 31.1. The maximum absolute atomic E-state index is 13.0. The van der Waals surface area contributed by atoms with Gasteiger partial charge < -0.3 is 0 Å². The zero-order valence-electron chi connectivity index (χ0n) is 13.8. The predicted octanol–water partition coefficient (Wildman–Crippen LogP) is 4.07. The van der Waals surface area contributed by atoms with E-state index in [4.69, 9.17) is 4.98 Å². The summed E-state index contributed by atoms with van der Waals surface area (Å²) >= 11 is 1.41. The summed E-state index contributed by atoms with van der Waals surface area (Å²) in [5, 5.41) is 0.815. The number of hydrogen-bond acceptors (Lipinski definition) is 4. The second-order valence-corrected chi connectivity index (χ2v) is 7.20. The van der Waals surface area contributed by atoms with Crippen LogP contribution in [0.25, 0.3) is 20.3 Å². The summed E-state index contributed by atoms with van der Waals surface area (Å²) in [5.41, 5.74) is -0.417. The second-order valence-electron chi connectivity index (χ2n) is 6.16. The summed E-state index contributed by atoms with van der Waals surface area (Å²) in [6.07, 6.45) is 0.817. The van der Waals surface area contributed by atoms with Gasteiger partial charge in [-0.1, -0.05) is 32.9 Å². The van der Waals surface area contributed by atoms with Crippen LogP contribution >= 0.6 is 11.3 Å². The van der Waals surface area contributed by atoms with E-state index in [9.17, 15) is 9.59 Å². The highest BCUT2D eigenvalue weighted by Gasteiger charge is 2.20. The fraction of sp³-hybridized carbons (Fsp3) is 0.389. The zero-order chi connectivity index (χ0) is 16.7. The zero-order valence-corrected chi connectivity index (χ0v) is 14.6. The first kappa shape index (κ1) is 15.9. The number of fused-ring (bicyclic) bond motifs is 2. The minimum atomic E-state index is -0.209. The highest BCUT2D eigenvalue weighted by molar-refractivity contribution is 7.24. The molecule has 1 atom stereocenters. The minimum Gasteiger partial charge on any atom is -0.293 e. The summed E-state index contributed by atoms with van der Waals surface area (Å²) in [6.45, 7) is 8.08. The molecule has 0 aliphatic rings. The molecular weight excluding hydrogens is 308 g/mol. The number of rotatable bonds is 3. The van der Waals surface area contributed by atoms with Crippen LogP contribution < -0.4 is 11.0 Å². The van der Waals surface area contributed by atoms with Gasteiger partial charge in [-0.05, 0) is 25.5 Å². The Hall–Kier alpha value is -2.01. The first-order chi connectivity index (χ1) is 11.0. The van der Waals surface area contributed by atoms with E-state index in [0.29, 0.717) is 10.2 Å². The molecule has 1 aromatic carbocycles. The third-order valence-corrected chi connectivity index (χ3v) is 5.29. The van der Waals surface area contributed by atoms with E-state index in [-0.39, 0.29) is 28.3 Å². The lowest BCUT2D eigenvalue weighted by molar-refractivity contribution is 0.475. The van der Waals surface area contributed by atoms with E-state index in [1.54, 1.807) is 10.6 Å². The third-order valence-electron chi connectivity index (χ3n) is 4.22. The van der Waals surface area contributed by atoms with E-state index in [1.165, 1.54) is 11.3 Å². The van der Waals surface area contributed by atoms with Crippen LogP contribution in [0.4, 0.5) is 0 Å². The lowest BCUT2D eigenvalue weighted by Gasteiger charge is -2.20. The Labute approximate surface area is 138 Å².